The lowest BCUT2D eigenvalue weighted by Crippen LogP contribution is -2.27. The first kappa shape index (κ1) is 13.8. The van der Waals surface area contributed by atoms with E-state index in [1.165, 1.54) is 11.3 Å². The second-order valence-electron chi connectivity index (χ2n) is 5.07. The highest BCUT2D eigenvalue weighted by molar-refractivity contribution is 7.17. The standard InChI is InChI=1S/C14H16N4O2S/c1-8-5-18-11(9(2)16-14(18)21-8)6-17(4)13(19)12-10(3)15-7-20-12/h5,7H,6H2,1-4H3. The lowest BCUT2D eigenvalue weighted by atomic mass is 10.3. The van der Waals surface area contributed by atoms with Crippen LogP contribution in [0.3, 0.4) is 0 Å². The number of imidazole rings is 1. The monoisotopic (exact) mass is 304 g/mol. The molecule has 0 aliphatic carbocycles. The summed E-state index contributed by atoms with van der Waals surface area (Å²) in [6.07, 6.45) is 3.34. The van der Waals surface area contributed by atoms with Crippen molar-refractivity contribution in [2.24, 2.45) is 0 Å². The third-order valence-electron chi connectivity index (χ3n) is 3.41. The summed E-state index contributed by atoms with van der Waals surface area (Å²) in [4.78, 5) is 24.6. The Balaban J connectivity index is 1.89. The Morgan fingerprint density at radius 3 is 2.81 bits per heavy atom. The predicted octanol–water partition coefficient (Wildman–Crippen LogP) is 2.58. The molecule has 0 N–H and O–H groups in total. The van der Waals surface area contributed by atoms with E-state index in [1.54, 1.807) is 30.2 Å². The van der Waals surface area contributed by atoms with Crippen molar-refractivity contribution in [2.45, 2.75) is 27.3 Å². The van der Waals surface area contributed by atoms with Gasteiger partial charge >= 0.3 is 0 Å². The molecule has 0 radical (unpaired) electrons. The Morgan fingerprint density at radius 1 is 1.38 bits per heavy atom. The van der Waals surface area contributed by atoms with E-state index in [1.807, 2.05) is 24.4 Å². The minimum atomic E-state index is -0.175. The summed E-state index contributed by atoms with van der Waals surface area (Å²) in [7, 11) is 1.75. The maximum Gasteiger partial charge on any atom is 0.291 e. The molecule has 7 heteroatoms. The fraction of sp³-hybridized carbons (Fsp3) is 0.357. The van der Waals surface area contributed by atoms with Crippen molar-refractivity contribution in [3.63, 3.8) is 0 Å². The van der Waals surface area contributed by atoms with E-state index < -0.39 is 0 Å². The zero-order chi connectivity index (χ0) is 15.1. The van der Waals surface area contributed by atoms with Gasteiger partial charge in [0.25, 0.3) is 5.91 Å². The number of hydrogen-bond acceptors (Lipinski definition) is 5. The van der Waals surface area contributed by atoms with E-state index in [4.69, 9.17) is 4.42 Å². The number of rotatable bonds is 3. The number of aromatic nitrogens is 3. The molecular formula is C14H16N4O2S. The molecule has 0 saturated heterocycles. The minimum Gasteiger partial charge on any atom is -0.438 e. The molecule has 0 unspecified atom stereocenters. The summed E-state index contributed by atoms with van der Waals surface area (Å²) in [6.45, 7) is 6.24. The maximum atomic E-state index is 12.4. The second-order valence-corrected chi connectivity index (χ2v) is 6.28. The van der Waals surface area contributed by atoms with Crippen molar-refractivity contribution in [1.29, 1.82) is 0 Å². The van der Waals surface area contributed by atoms with Crippen LogP contribution in [0.1, 0.15) is 32.5 Å². The number of thiazole rings is 1. The first-order valence-corrected chi connectivity index (χ1v) is 7.38. The van der Waals surface area contributed by atoms with Crippen LogP contribution in [0.25, 0.3) is 4.96 Å². The molecule has 3 rings (SSSR count). The lowest BCUT2D eigenvalue weighted by molar-refractivity contribution is 0.0750. The van der Waals surface area contributed by atoms with Crippen LogP contribution in [0.15, 0.2) is 17.0 Å². The van der Waals surface area contributed by atoms with Gasteiger partial charge in [-0.05, 0) is 20.8 Å². The van der Waals surface area contributed by atoms with Gasteiger partial charge in [0, 0.05) is 18.1 Å². The molecule has 0 saturated carbocycles. The molecule has 6 nitrogen and oxygen atoms in total. The van der Waals surface area contributed by atoms with Gasteiger partial charge in [0.2, 0.25) is 5.76 Å². The molecular weight excluding hydrogens is 288 g/mol. The largest absolute Gasteiger partial charge is 0.438 e. The van der Waals surface area contributed by atoms with Crippen LogP contribution in [-0.4, -0.2) is 32.2 Å². The van der Waals surface area contributed by atoms with Gasteiger partial charge in [-0.25, -0.2) is 9.97 Å². The van der Waals surface area contributed by atoms with Gasteiger partial charge in [0.05, 0.1) is 23.6 Å². The number of aryl methyl sites for hydroxylation is 3. The zero-order valence-electron chi connectivity index (χ0n) is 12.4. The fourth-order valence-corrected chi connectivity index (χ4v) is 3.17. The molecule has 0 aliphatic rings. The number of oxazole rings is 1. The number of hydrogen-bond donors (Lipinski definition) is 0. The number of fused-ring (bicyclic) bond motifs is 1. The molecule has 1 amide bonds. The third-order valence-corrected chi connectivity index (χ3v) is 4.31. The smallest absolute Gasteiger partial charge is 0.291 e. The summed E-state index contributed by atoms with van der Waals surface area (Å²) in [5, 5.41) is 0. The van der Waals surface area contributed by atoms with Crippen molar-refractivity contribution >= 4 is 22.2 Å². The molecule has 0 fully saturated rings. The Bertz CT molecular complexity index is 814. The molecule has 0 aromatic carbocycles. The lowest BCUT2D eigenvalue weighted by Gasteiger charge is -2.16. The average Bonchev–Trinajstić information content (AvgIpc) is 3.06. The highest BCUT2D eigenvalue weighted by Gasteiger charge is 2.21. The van der Waals surface area contributed by atoms with Crippen LogP contribution in [0.2, 0.25) is 0 Å². The molecule has 110 valence electrons. The normalized spacial score (nSPS) is 11.2. The summed E-state index contributed by atoms with van der Waals surface area (Å²) in [5.74, 6) is 0.115. The molecule has 3 aromatic rings. The zero-order valence-corrected chi connectivity index (χ0v) is 13.2. The van der Waals surface area contributed by atoms with Gasteiger partial charge < -0.3 is 9.32 Å². The molecule has 3 heterocycles. The Kier molecular flexibility index (Phi) is 3.29. The fourth-order valence-electron chi connectivity index (χ4n) is 2.28. The van der Waals surface area contributed by atoms with E-state index in [-0.39, 0.29) is 11.7 Å². The van der Waals surface area contributed by atoms with E-state index in [0.717, 1.165) is 16.3 Å². The molecule has 0 atom stereocenters. The van der Waals surface area contributed by atoms with Crippen molar-refractivity contribution in [3.8, 4) is 0 Å². The quantitative estimate of drug-likeness (QED) is 0.746. The summed E-state index contributed by atoms with van der Waals surface area (Å²) in [5.41, 5.74) is 2.56. The first-order valence-electron chi connectivity index (χ1n) is 6.57. The van der Waals surface area contributed by atoms with E-state index in [2.05, 4.69) is 9.97 Å². The Hall–Kier alpha value is -2.15. The van der Waals surface area contributed by atoms with Crippen LogP contribution in [0.4, 0.5) is 0 Å². The van der Waals surface area contributed by atoms with Crippen molar-refractivity contribution in [2.75, 3.05) is 7.05 Å². The molecule has 0 aliphatic heterocycles. The van der Waals surface area contributed by atoms with Crippen LogP contribution >= 0.6 is 11.3 Å². The first-order chi connectivity index (χ1) is 9.97. The molecule has 21 heavy (non-hydrogen) atoms. The van der Waals surface area contributed by atoms with Gasteiger partial charge in [-0.15, -0.1) is 11.3 Å². The minimum absolute atomic E-state index is 0.175. The van der Waals surface area contributed by atoms with Crippen molar-refractivity contribution < 1.29 is 9.21 Å². The summed E-state index contributed by atoms with van der Waals surface area (Å²) in [6, 6.07) is 0. The van der Waals surface area contributed by atoms with E-state index in [0.29, 0.717) is 12.2 Å². The number of carbonyl (C=O) groups excluding carboxylic acids is 1. The molecule has 0 spiro atoms. The van der Waals surface area contributed by atoms with E-state index >= 15 is 0 Å². The molecule has 3 aromatic heterocycles. The second kappa shape index (κ2) is 5.00. The topological polar surface area (TPSA) is 63.6 Å². The third kappa shape index (κ3) is 2.33. The molecule has 0 bridgehead atoms. The highest BCUT2D eigenvalue weighted by Crippen LogP contribution is 2.22. The summed E-state index contributed by atoms with van der Waals surface area (Å²) >= 11 is 1.64. The predicted molar refractivity (Wildman–Crippen MR) is 79.6 cm³/mol. The van der Waals surface area contributed by atoms with Gasteiger partial charge in [0.1, 0.15) is 0 Å². The number of amides is 1. The highest BCUT2D eigenvalue weighted by atomic mass is 32.1. The Morgan fingerprint density at radius 2 is 2.14 bits per heavy atom. The van der Waals surface area contributed by atoms with Crippen LogP contribution in [0.5, 0.6) is 0 Å². The van der Waals surface area contributed by atoms with Gasteiger partial charge in [-0.2, -0.15) is 0 Å². The van der Waals surface area contributed by atoms with Gasteiger partial charge in [0.15, 0.2) is 11.4 Å². The number of carbonyl (C=O) groups is 1. The SMILES string of the molecule is Cc1cn2c(CN(C)C(=O)c3ocnc3C)c(C)nc2s1. The average molecular weight is 304 g/mol. The van der Waals surface area contributed by atoms with E-state index in [9.17, 15) is 4.79 Å². The van der Waals surface area contributed by atoms with Crippen LogP contribution in [0, 0.1) is 20.8 Å². The maximum absolute atomic E-state index is 12.4. The number of nitrogens with zero attached hydrogens (tertiary/aromatic N) is 4. The van der Waals surface area contributed by atoms with Gasteiger partial charge in [-0.3, -0.25) is 9.20 Å². The van der Waals surface area contributed by atoms with Crippen molar-refractivity contribution in [3.05, 3.63) is 40.3 Å². The van der Waals surface area contributed by atoms with Crippen molar-refractivity contribution in [1.82, 2.24) is 19.3 Å². The van der Waals surface area contributed by atoms with Crippen LogP contribution < -0.4 is 0 Å². The van der Waals surface area contributed by atoms with Crippen LogP contribution in [-0.2, 0) is 6.54 Å². The Labute approximate surface area is 126 Å². The summed E-state index contributed by atoms with van der Waals surface area (Å²) < 4.78 is 7.21. The van der Waals surface area contributed by atoms with Gasteiger partial charge in [-0.1, -0.05) is 0 Å².